The van der Waals surface area contributed by atoms with Crippen LogP contribution in [0.15, 0.2) is 41.3 Å². The lowest BCUT2D eigenvalue weighted by Gasteiger charge is -2.05. The van der Waals surface area contributed by atoms with E-state index in [1.54, 1.807) is 24.3 Å². The van der Waals surface area contributed by atoms with Gasteiger partial charge in [0.2, 0.25) is 5.91 Å². The molecule has 0 fully saturated rings. The molecule has 0 saturated carbocycles. The molecule has 0 aliphatic rings. The predicted octanol–water partition coefficient (Wildman–Crippen LogP) is 4.41. The lowest BCUT2D eigenvalue weighted by Crippen LogP contribution is -2.14. The largest absolute Gasteiger partial charge is 0.302 e. The van der Waals surface area contributed by atoms with Gasteiger partial charge in [0.05, 0.1) is 20.9 Å². The quantitative estimate of drug-likeness (QED) is 0.662. The molecule has 0 aliphatic heterocycles. The van der Waals surface area contributed by atoms with Gasteiger partial charge in [0.25, 0.3) is 0 Å². The summed E-state index contributed by atoms with van der Waals surface area (Å²) < 4.78 is 25.7. The number of rotatable bonds is 6. The Balaban J connectivity index is 1.58. The molecular weight excluding hydrogens is 380 g/mol. The number of carbonyl (C=O) groups is 1. The molecule has 0 spiro atoms. The second-order valence-corrected chi connectivity index (χ2v) is 9.87. The summed E-state index contributed by atoms with van der Waals surface area (Å²) in [6.45, 7) is 5.93. The average Bonchev–Trinajstić information content (AvgIpc) is 2.97. The zero-order chi connectivity index (χ0) is 19.6. The van der Waals surface area contributed by atoms with Crippen molar-refractivity contribution in [2.24, 2.45) is 0 Å². The van der Waals surface area contributed by atoms with Gasteiger partial charge in [0.15, 0.2) is 15.0 Å². The van der Waals surface area contributed by atoms with Gasteiger partial charge >= 0.3 is 0 Å². The topological polar surface area (TPSA) is 76.1 Å². The highest BCUT2D eigenvalue weighted by molar-refractivity contribution is 7.91. The minimum absolute atomic E-state index is 0.0539. The van der Waals surface area contributed by atoms with E-state index in [0.717, 1.165) is 26.9 Å². The Morgan fingerprint density at radius 3 is 2.48 bits per heavy atom. The zero-order valence-electron chi connectivity index (χ0n) is 15.6. The summed E-state index contributed by atoms with van der Waals surface area (Å²) in [5, 5.41) is 3.33. The summed E-state index contributed by atoms with van der Waals surface area (Å²) in [4.78, 5) is 16.9. The van der Waals surface area contributed by atoms with Crippen LogP contribution in [0.4, 0.5) is 5.13 Å². The van der Waals surface area contributed by atoms with E-state index in [2.05, 4.69) is 16.4 Å². The second-order valence-electron chi connectivity index (χ2n) is 6.73. The van der Waals surface area contributed by atoms with Gasteiger partial charge in [-0.25, -0.2) is 13.4 Å². The number of aromatic nitrogens is 1. The summed E-state index contributed by atoms with van der Waals surface area (Å²) in [7, 11) is -3.37. The Bertz CT molecular complexity index is 1080. The maximum atomic E-state index is 12.3. The standard InChI is InChI=1S/C20H22N2O3S2/c1-13-6-8-16(9-7-13)27(24,25)10-4-5-18(23)21-20-22-19-15(3)11-14(2)12-17(19)26-20/h6-9,11-12H,4-5,10H2,1-3H3,(H,21,22,23). The lowest BCUT2D eigenvalue weighted by molar-refractivity contribution is -0.116. The lowest BCUT2D eigenvalue weighted by atomic mass is 10.1. The molecule has 142 valence electrons. The summed E-state index contributed by atoms with van der Waals surface area (Å²) in [5.41, 5.74) is 4.13. The first-order chi connectivity index (χ1) is 12.7. The number of carbonyl (C=O) groups excluding carboxylic acids is 1. The molecule has 0 saturated heterocycles. The molecular formula is C20H22N2O3S2. The minimum Gasteiger partial charge on any atom is -0.302 e. The Kier molecular flexibility index (Phi) is 5.62. The third-order valence-corrected chi connectivity index (χ3v) is 7.01. The second kappa shape index (κ2) is 7.78. The monoisotopic (exact) mass is 402 g/mol. The van der Waals surface area contributed by atoms with E-state index in [4.69, 9.17) is 0 Å². The van der Waals surface area contributed by atoms with Crippen LogP contribution < -0.4 is 5.32 Å². The van der Waals surface area contributed by atoms with E-state index in [0.29, 0.717) is 10.0 Å². The van der Waals surface area contributed by atoms with Crippen molar-refractivity contribution in [2.75, 3.05) is 11.1 Å². The number of anilines is 1. The number of benzene rings is 2. The van der Waals surface area contributed by atoms with Gasteiger partial charge in [-0.05, 0) is 56.5 Å². The summed E-state index contributed by atoms with van der Waals surface area (Å²) in [6, 6.07) is 10.9. The fourth-order valence-corrected chi connectivity index (χ4v) is 5.26. The van der Waals surface area contributed by atoms with Gasteiger partial charge in [-0.3, -0.25) is 4.79 Å². The van der Waals surface area contributed by atoms with Crippen LogP contribution in [-0.4, -0.2) is 25.1 Å². The smallest absolute Gasteiger partial charge is 0.226 e. The zero-order valence-corrected chi connectivity index (χ0v) is 17.2. The number of fused-ring (bicyclic) bond motifs is 1. The van der Waals surface area contributed by atoms with Crippen molar-refractivity contribution in [1.82, 2.24) is 4.98 Å². The molecule has 1 aromatic heterocycles. The van der Waals surface area contributed by atoms with Crippen LogP contribution in [0.25, 0.3) is 10.2 Å². The molecule has 1 heterocycles. The average molecular weight is 403 g/mol. The highest BCUT2D eigenvalue weighted by Gasteiger charge is 2.15. The predicted molar refractivity (Wildman–Crippen MR) is 110 cm³/mol. The molecule has 0 unspecified atom stereocenters. The van der Waals surface area contributed by atoms with E-state index >= 15 is 0 Å². The Morgan fingerprint density at radius 1 is 1.07 bits per heavy atom. The Hall–Kier alpha value is -2.25. The van der Waals surface area contributed by atoms with Gasteiger partial charge in [0, 0.05) is 6.42 Å². The number of sulfone groups is 1. The minimum atomic E-state index is -3.37. The van der Waals surface area contributed by atoms with E-state index in [1.165, 1.54) is 11.3 Å². The normalized spacial score (nSPS) is 11.7. The Morgan fingerprint density at radius 2 is 1.78 bits per heavy atom. The van der Waals surface area contributed by atoms with Gasteiger partial charge in [-0.2, -0.15) is 0 Å². The van der Waals surface area contributed by atoms with Crippen LogP contribution in [0.1, 0.15) is 29.5 Å². The molecule has 27 heavy (non-hydrogen) atoms. The fourth-order valence-electron chi connectivity index (χ4n) is 2.89. The van der Waals surface area contributed by atoms with Crippen molar-refractivity contribution in [3.05, 3.63) is 53.1 Å². The van der Waals surface area contributed by atoms with Crippen molar-refractivity contribution in [2.45, 2.75) is 38.5 Å². The van der Waals surface area contributed by atoms with E-state index in [-0.39, 0.29) is 24.5 Å². The molecule has 1 amide bonds. The molecule has 1 N–H and O–H groups in total. The molecule has 3 aromatic rings. The molecule has 3 rings (SSSR count). The molecule has 0 atom stereocenters. The van der Waals surface area contributed by atoms with Crippen LogP contribution in [0.2, 0.25) is 0 Å². The number of thiazole rings is 1. The highest BCUT2D eigenvalue weighted by atomic mass is 32.2. The fraction of sp³-hybridized carbons (Fsp3) is 0.300. The van der Waals surface area contributed by atoms with Crippen LogP contribution in [0.5, 0.6) is 0 Å². The molecule has 5 nitrogen and oxygen atoms in total. The number of hydrogen-bond donors (Lipinski definition) is 1. The van der Waals surface area contributed by atoms with Crippen LogP contribution in [-0.2, 0) is 14.6 Å². The van der Waals surface area contributed by atoms with Gasteiger partial charge in [0.1, 0.15) is 0 Å². The Labute approximate surface area is 163 Å². The van der Waals surface area contributed by atoms with Crippen molar-refractivity contribution < 1.29 is 13.2 Å². The number of hydrogen-bond acceptors (Lipinski definition) is 5. The maximum absolute atomic E-state index is 12.3. The first kappa shape index (κ1) is 19.5. The SMILES string of the molecule is Cc1ccc(S(=O)(=O)CCCC(=O)Nc2nc3c(C)cc(C)cc3s2)cc1. The van der Waals surface area contributed by atoms with Crippen LogP contribution in [0.3, 0.4) is 0 Å². The van der Waals surface area contributed by atoms with E-state index < -0.39 is 9.84 Å². The van der Waals surface area contributed by atoms with Crippen LogP contribution in [0, 0.1) is 20.8 Å². The van der Waals surface area contributed by atoms with Gasteiger partial charge in [-0.15, -0.1) is 0 Å². The molecule has 2 aromatic carbocycles. The first-order valence-corrected chi connectivity index (χ1v) is 11.2. The summed E-state index contributed by atoms with van der Waals surface area (Å²) >= 11 is 1.43. The van der Waals surface area contributed by atoms with Gasteiger partial charge < -0.3 is 5.32 Å². The van der Waals surface area contributed by atoms with E-state index in [9.17, 15) is 13.2 Å². The number of nitrogens with zero attached hydrogens (tertiary/aromatic N) is 1. The highest BCUT2D eigenvalue weighted by Crippen LogP contribution is 2.29. The molecule has 0 aliphatic carbocycles. The number of aryl methyl sites for hydroxylation is 3. The number of amides is 1. The van der Waals surface area contributed by atoms with Crippen molar-refractivity contribution >= 4 is 42.4 Å². The summed E-state index contributed by atoms with van der Waals surface area (Å²) in [6.07, 6.45) is 0.407. The molecule has 0 bridgehead atoms. The molecule has 7 heteroatoms. The van der Waals surface area contributed by atoms with Crippen molar-refractivity contribution in [3.63, 3.8) is 0 Å². The molecule has 0 radical (unpaired) electrons. The van der Waals surface area contributed by atoms with Gasteiger partial charge in [-0.1, -0.05) is 35.1 Å². The third kappa shape index (κ3) is 4.73. The maximum Gasteiger partial charge on any atom is 0.226 e. The van der Waals surface area contributed by atoms with Crippen molar-refractivity contribution in [1.29, 1.82) is 0 Å². The summed E-state index contributed by atoms with van der Waals surface area (Å²) in [5.74, 6) is -0.274. The van der Waals surface area contributed by atoms with E-state index in [1.807, 2.05) is 26.8 Å². The van der Waals surface area contributed by atoms with Crippen LogP contribution >= 0.6 is 11.3 Å². The first-order valence-electron chi connectivity index (χ1n) is 8.72. The third-order valence-electron chi connectivity index (χ3n) is 4.27. The van der Waals surface area contributed by atoms with Crippen molar-refractivity contribution in [3.8, 4) is 0 Å². The number of nitrogens with one attached hydrogen (secondary N) is 1.